The molecule has 0 N–H and O–H groups in total. The monoisotopic (exact) mass is 1260 g/mol. The summed E-state index contributed by atoms with van der Waals surface area (Å²) in [7, 11) is 0. The maximum Gasteiger partial charge on any atom is 0.303 e. The van der Waals surface area contributed by atoms with E-state index in [1.807, 2.05) is 121 Å². The van der Waals surface area contributed by atoms with Crippen molar-refractivity contribution in [3.63, 3.8) is 0 Å². The van der Waals surface area contributed by atoms with Crippen LogP contribution in [-0.2, 0) is 92.9 Å². The van der Waals surface area contributed by atoms with Gasteiger partial charge in [-0.2, -0.15) is 0 Å². The van der Waals surface area contributed by atoms with Gasteiger partial charge in [0.15, 0.2) is 24.8 Å². The summed E-state index contributed by atoms with van der Waals surface area (Å²) in [6.45, 7) is 8.84. The van der Waals surface area contributed by atoms with Crippen LogP contribution in [-0.4, -0.2) is 98.6 Å². The lowest BCUT2D eigenvalue weighted by Gasteiger charge is -2.50. The second kappa shape index (κ2) is 45.9. The number of hydrogen-bond donors (Lipinski definition) is 0. The molecule has 0 spiro atoms. The van der Waals surface area contributed by atoms with E-state index in [-0.39, 0.29) is 45.7 Å². The second-order valence-corrected chi connectivity index (χ2v) is 24.9. The highest BCUT2D eigenvalue weighted by Crippen LogP contribution is 2.37. The molecule has 2 saturated heterocycles. The van der Waals surface area contributed by atoms with E-state index in [4.69, 9.17) is 52.1 Å². The van der Waals surface area contributed by atoms with Crippen LogP contribution in [0.15, 0.2) is 133 Å². The molecule has 2 aliphatic rings. The van der Waals surface area contributed by atoms with Crippen LogP contribution in [0.1, 0.15) is 224 Å². The van der Waals surface area contributed by atoms with Crippen LogP contribution < -0.4 is 0 Å². The number of rotatable bonds is 48. The maximum atomic E-state index is 13.7. The predicted octanol–water partition coefficient (Wildman–Crippen LogP) is 17.3. The first-order valence-corrected chi connectivity index (χ1v) is 34.9. The lowest BCUT2D eigenvalue weighted by atomic mass is 9.95. The SMILES string of the molecule is CCCCCCCCCC/C=C/CC(CCCCCCCCCCCCCCCCC)O[C@@H]1O[C@H](COCc2ccccc2)[C@H](O[C@H]2O[C@H](COC(C)=O)[C@@H](OCc3ccccc3)[C@H](OCc3ccccc3)[C@H]2OCc2ccccc2)[C@H](OC(C)=O)[C@H]1OC(C)=O. The average Bonchev–Trinajstić information content (AvgIpc) is 0.858. The van der Waals surface area contributed by atoms with Gasteiger partial charge in [-0.25, -0.2) is 0 Å². The molecule has 1 unspecified atom stereocenters. The quantitative estimate of drug-likeness (QED) is 0.0178. The summed E-state index contributed by atoms with van der Waals surface area (Å²) in [6, 6.07) is 39.0. The Morgan fingerprint density at radius 3 is 1.29 bits per heavy atom. The molecule has 0 aliphatic carbocycles. The summed E-state index contributed by atoms with van der Waals surface area (Å²) < 4.78 is 74.2. The van der Waals surface area contributed by atoms with E-state index in [9.17, 15) is 14.4 Å². The predicted molar refractivity (Wildman–Crippen MR) is 356 cm³/mol. The van der Waals surface area contributed by atoms with Crippen molar-refractivity contribution in [3.8, 4) is 0 Å². The molecule has 4 aromatic rings. The third-order valence-corrected chi connectivity index (χ3v) is 17.0. The van der Waals surface area contributed by atoms with E-state index in [1.165, 1.54) is 143 Å². The summed E-state index contributed by atoms with van der Waals surface area (Å²) in [5, 5.41) is 0. The van der Waals surface area contributed by atoms with Crippen molar-refractivity contribution in [1.82, 2.24) is 0 Å². The number of esters is 3. The zero-order valence-electron chi connectivity index (χ0n) is 55.9. The number of carbonyl (C=O) groups is 3. The van der Waals surface area contributed by atoms with Crippen molar-refractivity contribution in [2.75, 3.05) is 13.2 Å². The normalized spacial score (nSPS) is 22.0. The molecule has 91 heavy (non-hydrogen) atoms. The Morgan fingerprint density at radius 2 is 0.813 bits per heavy atom. The highest BCUT2D eigenvalue weighted by Gasteiger charge is 2.56. The Labute approximate surface area is 546 Å². The molecule has 6 rings (SSSR count). The standard InChI is InChI=1S/C77H112O14/c1-6-8-10-12-14-16-18-19-20-21-23-25-27-29-43-53-67(52-42-28-26-24-22-17-15-13-11-9-7-2)88-77-75(87-62(5)80)73(86-61(4)79)71(68(89-77)58-81-54-63-44-34-30-35-45-63)91-76-74(85-57-66-50-40-33-41-51-66)72(84-56-65-48-38-32-39-49-65)70(69(90-76)59-82-60(3)78)83-55-64-46-36-31-37-47-64/h28,30-42,44-51,67-77H,6-27,29,43,52-59H2,1-5H3/b42-28+/t67?,68-,69-,70-,71+,72+,73+,74-,75-,76-,77-/m1/s1. The van der Waals surface area contributed by atoms with Gasteiger partial charge in [0.25, 0.3) is 0 Å². The van der Waals surface area contributed by atoms with Crippen LogP contribution in [0, 0.1) is 0 Å². The number of benzene rings is 4. The third kappa shape index (κ3) is 30.1. The highest BCUT2D eigenvalue weighted by atomic mass is 16.8. The molecule has 11 atom stereocenters. The minimum absolute atomic E-state index is 0.0674. The van der Waals surface area contributed by atoms with E-state index in [2.05, 4.69) is 26.0 Å². The van der Waals surface area contributed by atoms with E-state index in [1.54, 1.807) is 0 Å². The molecule has 0 radical (unpaired) electrons. The maximum absolute atomic E-state index is 13.7. The Balaban J connectivity index is 1.30. The molecule has 14 heteroatoms. The van der Waals surface area contributed by atoms with Crippen LogP contribution in [0.2, 0.25) is 0 Å². The number of hydrogen-bond acceptors (Lipinski definition) is 14. The molecule has 2 heterocycles. The topological polar surface area (TPSA) is 153 Å². The Hall–Kier alpha value is -5.29. The Morgan fingerprint density at radius 1 is 0.407 bits per heavy atom. The van der Waals surface area contributed by atoms with E-state index >= 15 is 0 Å². The molecule has 0 amide bonds. The fraction of sp³-hybridized carbons (Fsp3) is 0.623. The fourth-order valence-corrected chi connectivity index (χ4v) is 12.1. The van der Waals surface area contributed by atoms with Crippen LogP contribution >= 0.6 is 0 Å². The number of ether oxygens (including phenoxy) is 11. The van der Waals surface area contributed by atoms with Crippen molar-refractivity contribution in [2.24, 2.45) is 0 Å². The third-order valence-electron chi connectivity index (χ3n) is 17.0. The highest BCUT2D eigenvalue weighted by molar-refractivity contribution is 5.67. The van der Waals surface area contributed by atoms with Crippen molar-refractivity contribution in [1.29, 1.82) is 0 Å². The van der Waals surface area contributed by atoms with Crippen molar-refractivity contribution >= 4 is 17.9 Å². The van der Waals surface area contributed by atoms with Gasteiger partial charge in [0, 0.05) is 20.8 Å². The molecule has 2 fully saturated rings. The Kier molecular flexibility index (Phi) is 37.7. The lowest BCUT2D eigenvalue weighted by molar-refractivity contribution is -0.373. The first kappa shape index (κ1) is 74.7. The molecular formula is C77H112O14. The van der Waals surface area contributed by atoms with Crippen LogP contribution in [0.3, 0.4) is 0 Å². The molecule has 4 aromatic carbocycles. The molecule has 0 bridgehead atoms. The van der Waals surface area contributed by atoms with Gasteiger partial charge in [0.05, 0.1) is 39.1 Å². The van der Waals surface area contributed by atoms with Gasteiger partial charge in [-0.1, -0.05) is 289 Å². The van der Waals surface area contributed by atoms with Crippen molar-refractivity contribution < 1.29 is 66.5 Å². The minimum atomic E-state index is -1.34. The van der Waals surface area contributed by atoms with Crippen molar-refractivity contribution in [2.45, 2.75) is 296 Å². The molecule has 0 saturated carbocycles. The Bertz CT molecular complexity index is 2520. The van der Waals surface area contributed by atoms with Crippen LogP contribution in [0.5, 0.6) is 0 Å². The average molecular weight is 1260 g/mol. The lowest BCUT2D eigenvalue weighted by Crippen LogP contribution is -2.67. The van der Waals surface area contributed by atoms with Gasteiger partial charge in [-0.15, -0.1) is 0 Å². The summed E-state index contributed by atoms with van der Waals surface area (Å²) in [5.74, 6) is -1.80. The molecule has 0 aromatic heterocycles. The smallest absolute Gasteiger partial charge is 0.303 e. The van der Waals surface area contributed by atoms with Gasteiger partial charge in [-0.3, -0.25) is 14.4 Å². The van der Waals surface area contributed by atoms with Gasteiger partial charge >= 0.3 is 17.9 Å². The van der Waals surface area contributed by atoms with Gasteiger partial charge in [0.2, 0.25) is 0 Å². The number of allylic oxidation sites excluding steroid dienone is 1. The molecule has 504 valence electrons. The van der Waals surface area contributed by atoms with Crippen LogP contribution in [0.25, 0.3) is 0 Å². The van der Waals surface area contributed by atoms with Gasteiger partial charge in [0.1, 0.15) is 43.2 Å². The first-order chi connectivity index (χ1) is 44.6. The van der Waals surface area contributed by atoms with E-state index in [0.717, 1.165) is 60.8 Å². The molecular weight excluding hydrogens is 1150 g/mol. The fourth-order valence-electron chi connectivity index (χ4n) is 12.1. The molecule has 2 aliphatic heterocycles. The summed E-state index contributed by atoms with van der Waals surface area (Å²) in [6.07, 6.45) is 24.1. The minimum Gasteiger partial charge on any atom is -0.463 e. The number of carbonyl (C=O) groups excluding carboxylic acids is 3. The zero-order valence-corrected chi connectivity index (χ0v) is 55.9. The molecule has 14 nitrogen and oxygen atoms in total. The largest absolute Gasteiger partial charge is 0.463 e. The van der Waals surface area contributed by atoms with E-state index in [0.29, 0.717) is 6.42 Å². The number of unbranched alkanes of at least 4 members (excludes halogenated alkanes) is 22. The van der Waals surface area contributed by atoms with E-state index < -0.39 is 79.3 Å². The summed E-state index contributed by atoms with van der Waals surface area (Å²) in [4.78, 5) is 39.9. The first-order valence-electron chi connectivity index (χ1n) is 34.9. The summed E-state index contributed by atoms with van der Waals surface area (Å²) >= 11 is 0. The van der Waals surface area contributed by atoms with Gasteiger partial charge < -0.3 is 52.1 Å². The van der Waals surface area contributed by atoms with Gasteiger partial charge in [-0.05, 0) is 47.9 Å². The van der Waals surface area contributed by atoms with Crippen molar-refractivity contribution in [3.05, 3.63) is 156 Å². The summed E-state index contributed by atoms with van der Waals surface area (Å²) in [5.41, 5.74) is 3.59. The van der Waals surface area contributed by atoms with Crippen LogP contribution in [0.4, 0.5) is 0 Å². The second-order valence-electron chi connectivity index (χ2n) is 24.9. The zero-order chi connectivity index (χ0) is 64.4.